The number of hydrogen-bond acceptors (Lipinski definition) is 4. The summed E-state index contributed by atoms with van der Waals surface area (Å²) in [4.78, 5) is 24.0. The molecule has 0 spiro atoms. The number of carbonyl (C=O) groups excluding carboxylic acids is 2. The number of aliphatic hydroxyl groups is 1. The lowest BCUT2D eigenvalue weighted by atomic mass is 10.1. The molecule has 1 atom stereocenters. The first-order valence-corrected chi connectivity index (χ1v) is 10.2. The van der Waals surface area contributed by atoms with Crippen molar-refractivity contribution in [1.29, 1.82) is 0 Å². The van der Waals surface area contributed by atoms with E-state index in [1.165, 1.54) is 0 Å². The summed E-state index contributed by atoms with van der Waals surface area (Å²) < 4.78 is 5.20. The highest BCUT2D eigenvalue weighted by Gasteiger charge is 2.26. The van der Waals surface area contributed by atoms with Crippen LogP contribution in [0.5, 0.6) is 0 Å². The molecule has 1 fully saturated rings. The number of piperidine rings is 1. The number of ether oxygens (including phenoxy) is 1. The summed E-state index contributed by atoms with van der Waals surface area (Å²) in [5.74, 6) is 0.0962. The van der Waals surface area contributed by atoms with Crippen molar-refractivity contribution in [2.24, 2.45) is 0 Å². The molecule has 1 aromatic carbocycles. The van der Waals surface area contributed by atoms with Gasteiger partial charge in [-0.1, -0.05) is 51.1 Å². The van der Waals surface area contributed by atoms with E-state index in [0.29, 0.717) is 26.1 Å². The number of likely N-dealkylation sites (tertiary alicyclic amines) is 1. The minimum Gasteiger partial charge on any atom is -0.444 e. The zero-order valence-corrected chi connectivity index (χ0v) is 18.3. The van der Waals surface area contributed by atoms with E-state index in [0.717, 1.165) is 18.4 Å². The number of β-amino-alcohol motifs (C(OH)–C–C–N with tert-alkyl or cyclic N) is 1. The summed E-state index contributed by atoms with van der Waals surface area (Å²) >= 11 is 0. The van der Waals surface area contributed by atoms with Crippen LogP contribution in [-0.4, -0.2) is 46.8 Å². The average molecular weight is 395 g/mol. The Kier molecular flexibility index (Phi) is 13.0. The molecule has 6 nitrogen and oxygen atoms in total. The Morgan fingerprint density at radius 3 is 2.32 bits per heavy atom. The maximum atomic E-state index is 11.6. The van der Waals surface area contributed by atoms with Crippen LogP contribution in [0, 0.1) is 0 Å². The number of carbonyl (C=O) groups is 2. The van der Waals surface area contributed by atoms with E-state index < -0.39 is 11.7 Å². The normalized spacial score (nSPS) is 16.0. The van der Waals surface area contributed by atoms with Crippen LogP contribution in [0.15, 0.2) is 30.3 Å². The fourth-order valence-corrected chi connectivity index (χ4v) is 2.37. The molecule has 0 bridgehead atoms. The molecule has 1 heterocycles. The van der Waals surface area contributed by atoms with Crippen LogP contribution in [0.2, 0.25) is 0 Å². The molecule has 0 radical (unpaired) electrons. The van der Waals surface area contributed by atoms with Crippen molar-refractivity contribution in [2.75, 3.05) is 13.1 Å². The quantitative estimate of drug-likeness (QED) is 0.808. The Morgan fingerprint density at radius 2 is 1.82 bits per heavy atom. The molecule has 2 rings (SSSR count). The summed E-state index contributed by atoms with van der Waals surface area (Å²) in [6.07, 6.45) is 1.46. The molecule has 2 N–H and O–H groups in total. The summed E-state index contributed by atoms with van der Waals surface area (Å²) in [7, 11) is 0. The summed E-state index contributed by atoms with van der Waals surface area (Å²) in [6, 6.07) is 9.89. The Bertz CT molecular complexity index is 555. The van der Waals surface area contributed by atoms with Crippen molar-refractivity contribution in [2.45, 2.75) is 79.1 Å². The van der Waals surface area contributed by atoms with Gasteiger partial charge in [0, 0.05) is 26.1 Å². The molecular weight excluding hydrogens is 356 g/mol. The van der Waals surface area contributed by atoms with Crippen molar-refractivity contribution in [1.82, 2.24) is 10.2 Å². The van der Waals surface area contributed by atoms with Crippen LogP contribution >= 0.6 is 0 Å². The van der Waals surface area contributed by atoms with Gasteiger partial charge in [-0.3, -0.25) is 4.79 Å². The molecule has 28 heavy (non-hydrogen) atoms. The number of hydrogen-bond donors (Lipinski definition) is 2. The maximum absolute atomic E-state index is 11.6. The Morgan fingerprint density at radius 1 is 1.21 bits per heavy atom. The molecule has 1 saturated heterocycles. The third kappa shape index (κ3) is 12.3. The fourth-order valence-electron chi connectivity index (χ4n) is 2.37. The molecule has 2 amide bonds. The van der Waals surface area contributed by atoms with Crippen molar-refractivity contribution in [3.8, 4) is 0 Å². The highest BCUT2D eigenvalue weighted by molar-refractivity contribution is 5.75. The van der Waals surface area contributed by atoms with E-state index >= 15 is 0 Å². The Hall–Kier alpha value is -2.08. The first kappa shape index (κ1) is 25.9. The van der Waals surface area contributed by atoms with Crippen LogP contribution in [0.1, 0.15) is 66.4 Å². The first-order chi connectivity index (χ1) is 13.2. The zero-order chi connectivity index (χ0) is 21.6. The van der Waals surface area contributed by atoms with Gasteiger partial charge in [0.05, 0.1) is 6.10 Å². The minimum atomic E-state index is -0.459. The van der Waals surface area contributed by atoms with Crippen LogP contribution in [0.3, 0.4) is 0 Å². The number of nitrogens with zero attached hydrogens (tertiary/aromatic N) is 1. The van der Waals surface area contributed by atoms with Gasteiger partial charge in [0.1, 0.15) is 5.60 Å². The fraction of sp³-hybridized carbons (Fsp3) is 0.636. The van der Waals surface area contributed by atoms with Crippen LogP contribution < -0.4 is 5.32 Å². The van der Waals surface area contributed by atoms with E-state index in [1.807, 2.05) is 71.9 Å². The lowest BCUT2D eigenvalue weighted by molar-refractivity contribution is -0.120. The van der Waals surface area contributed by atoms with E-state index in [9.17, 15) is 14.7 Å². The number of aliphatic hydroxyl groups excluding tert-OH is 1. The predicted molar refractivity (Wildman–Crippen MR) is 113 cm³/mol. The van der Waals surface area contributed by atoms with Gasteiger partial charge in [0.15, 0.2) is 0 Å². The van der Waals surface area contributed by atoms with E-state index in [1.54, 1.807) is 4.90 Å². The topological polar surface area (TPSA) is 78.9 Å². The van der Waals surface area contributed by atoms with Crippen LogP contribution in [0.25, 0.3) is 0 Å². The van der Waals surface area contributed by atoms with Crippen molar-refractivity contribution in [3.05, 3.63) is 35.9 Å². The largest absolute Gasteiger partial charge is 0.444 e. The van der Waals surface area contributed by atoms with Crippen molar-refractivity contribution >= 4 is 12.0 Å². The molecule has 0 aromatic heterocycles. The van der Waals surface area contributed by atoms with Gasteiger partial charge < -0.3 is 20.1 Å². The smallest absolute Gasteiger partial charge is 0.410 e. The van der Waals surface area contributed by atoms with Crippen molar-refractivity contribution < 1.29 is 19.4 Å². The van der Waals surface area contributed by atoms with Gasteiger partial charge in [0.2, 0.25) is 5.91 Å². The molecule has 1 aliphatic rings. The molecule has 1 aromatic rings. The number of nitrogens with one attached hydrogen (secondary N) is 1. The minimum absolute atomic E-state index is 0.0962. The molecule has 0 aliphatic carbocycles. The second-order valence-corrected chi connectivity index (χ2v) is 7.34. The van der Waals surface area contributed by atoms with Crippen molar-refractivity contribution in [3.63, 3.8) is 0 Å². The standard InChI is InChI=1S/C10H19NO3.C10H13NO.C2H6/c1-10(2,3)14-9(13)11-6-4-5-8(12)7-11;1-2-10(12)11-8-9-6-4-3-5-7-9;1-2/h8,12H,4-7H2,1-3H3;3-7H,2,8H2,1H3,(H,11,12);1-2H3/t8-;;/m1../s1. The number of amides is 2. The monoisotopic (exact) mass is 394 g/mol. The van der Waals surface area contributed by atoms with Gasteiger partial charge in [0.25, 0.3) is 0 Å². The third-order valence-electron chi connectivity index (χ3n) is 3.70. The summed E-state index contributed by atoms with van der Waals surface area (Å²) in [6.45, 7) is 13.1. The molecule has 6 heteroatoms. The lowest BCUT2D eigenvalue weighted by Crippen LogP contribution is -2.44. The van der Waals surface area contributed by atoms with Gasteiger partial charge >= 0.3 is 6.09 Å². The zero-order valence-electron chi connectivity index (χ0n) is 18.3. The van der Waals surface area contributed by atoms with Crippen LogP contribution in [-0.2, 0) is 16.1 Å². The first-order valence-electron chi connectivity index (χ1n) is 10.2. The van der Waals surface area contributed by atoms with E-state index in [4.69, 9.17) is 4.74 Å². The van der Waals surface area contributed by atoms with Gasteiger partial charge in [-0.2, -0.15) is 0 Å². The molecule has 160 valence electrons. The predicted octanol–water partition coefficient (Wildman–Crippen LogP) is 4.12. The number of benzene rings is 1. The summed E-state index contributed by atoms with van der Waals surface area (Å²) in [5.41, 5.74) is 0.679. The number of rotatable bonds is 3. The van der Waals surface area contributed by atoms with Gasteiger partial charge in [-0.25, -0.2) is 4.79 Å². The third-order valence-corrected chi connectivity index (χ3v) is 3.70. The highest BCUT2D eigenvalue weighted by Crippen LogP contribution is 2.14. The second-order valence-electron chi connectivity index (χ2n) is 7.34. The Labute approximate surface area is 170 Å². The average Bonchev–Trinajstić information content (AvgIpc) is 2.67. The van der Waals surface area contributed by atoms with Gasteiger partial charge in [-0.05, 0) is 39.2 Å². The van der Waals surface area contributed by atoms with Gasteiger partial charge in [-0.15, -0.1) is 0 Å². The molecule has 0 unspecified atom stereocenters. The SMILES string of the molecule is CC.CC(C)(C)OC(=O)N1CCC[C@@H](O)C1.CCC(=O)NCc1ccccc1. The molecule has 0 saturated carbocycles. The molecular formula is C22H38N2O4. The second kappa shape index (κ2) is 14.0. The van der Waals surface area contributed by atoms with E-state index in [2.05, 4.69) is 5.32 Å². The summed E-state index contributed by atoms with van der Waals surface area (Å²) in [5, 5.41) is 12.2. The molecule has 1 aliphatic heterocycles. The van der Waals surface area contributed by atoms with E-state index in [-0.39, 0.29) is 12.0 Å². The lowest BCUT2D eigenvalue weighted by Gasteiger charge is -2.32. The highest BCUT2D eigenvalue weighted by atomic mass is 16.6. The maximum Gasteiger partial charge on any atom is 0.410 e. The Balaban J connectivity index is 0.000000483. The van der Waals surface area contributed by atoms with Crippen LogP contribution in [0.4, 0.5) is 4.79 Å².